The maximum absolute atomic E-state index is 13.6. The molecule has 1 aromatic carbocycles. The van der Waals surface area contributed by atoms with E-state index >= 15 is 0 Å². The third-order valence-corrected chi connectivity index (χ3v) is 3.28. The first-order chi connectivity index (χ1) is 10.1. The Morgan fingerprint density at radius 1 is 1.43 bits per heavy atom. The molecule has 1 fully saturated rings. The maximum Gasteiger partial charge on any atom is 0.254 e. The molecule has 3 rings (SSSR count). The summed E-state index contributed by atoms with van der Waals surface area (Å²) in [6.07, 6.45) is 1.41. The monoisotopic (exact) mass is 294 g/mol. The Balaban J connectivity index is 1.76. The lowest BCUT2D eigenvalue weighted by atomic mass is 10.1. The van der Waals surface area contributed by atoms with E-state index in [1.807, 2.05) is 0 Å². The van der Waals surface area contributed by atoms with Crippen molar-refractivity contribution in [3.05, 3.63) is 47.5 Å². The summed E-state index contributed by atoms with van der Waals surface area (Å²) in [4.78, 5) is 16.1. The number of aromatic nitrogens is 3. The second-order valence-corrected chi connectivity index (χ2v) is 4.65. The number of hydrogen-bond donors (Lipinski definition) is 2. The number of carbonyl (C=O) groups excluding carboxylic acids is 1. The lowest BCUT2D eigenvalue weighted by molar-refractivity contribution is 0.0789. The van der Waals surface area contributed by atoms with E-state index < -0.39 is 23.6 Å². The summed E-state index contributed by atoms with van der Waals surface area (Å²) >= 11 is 0. The molecule has 0 unspecified atom stereocenters. The molecule has 1 amide bonds. The Hall–Kier alpha value is -2.35. The molecule has 6 nitrogen and oxygen atoms in total. The Kier molecular flexibility index (Phi) is 3.61. The average Bonchev–Trinajstić information content (AvgIpc) is 3.11. The number of ether oxygens (including phenoxy) is 1. The quantitative estimate of drug-likeness (QED) is 0.895. The fourth-order valence-electron chi connectivity index (χ4n) is 2.28. The molecule has 21 heavy (non-hydrogen) atoms. The normalized spacial score (nSPS) is 21.4. The number of carbonyl (C=O) groups is 1. The summed E-state index contributed by atoms with van der Waals surface area (Å²) in [5.74, 6) is -1.65. The van der Waals surface area contributed by atoms with Crippen LogP contribution in [0.1, 0.15) is 28.7 Å². The summed E-state index contributed by atoms with van der Waals surface area (Å²) in [5.41, 5.74) is -0.335. The number of benzene rings is 1. The molecule has 0 radical (unpaired) electrons. The summed E-state index contributed by atoms with van der Waals surface area (Å²) in [6.45, 7) is 0.432. The molecule has 0 aliphatic carbocycles. The van der Waals surface area contributed by atoms with Gasteiger partial charge in [-0.3, -0.25) is 9.89 Å². The van der Waals surface area contributed by atoms with Crippen LogP contribution in [0.3, 0.4) is 0 Å². The van der Waals surface area contributed by atoms with Gasteiger partial charge in [0, 0.05) is 6.61 Å². The SMILES string of the molecule is O=C(N[C@H]1CCO[C@H]1c1ncn[nH]1)c1cc(F)ccc1F. The molecule has 1 aromatic heterocycles. The van der Waals surface area contributed by atoms with Gasteiger partial charge in [0.05, 0.1) is 11.6 Å². The van der Waals surface area contributed by atoms with Crippen molar-refractivity contribution in [2.75, 3.05) is 6.61 Å². The van der Waals surface area contributed by atoms with Gasteiger partial charge in [-0.05, 0) is 24.6 Å². The topological polar surface area (TPSA) is 79.9 Å². The van der Waals surface area contributed by atoms with Crippen molar-refractivity contribution in [3.63, 3.8) is 0 Å². The molecule has 2 heterocycles. The van der Waals surface area contributed by atoms with E-state index in [-0.39, 0.29) is 11.6 Å². The van der Waals surface area contributed by atoms with Crippen LogP contribution in [-0.4, -0.2) is 33.7 Å². The first-order valence-corrected chi connectivity index (χ1v) is 6.38. The van der Waals surface area contributed by atoms with Crippen LogP contribution < -0.4 is 5.32 Å². The Morgan fingerprint density at radius 3 is 3.05 bits per heavy atom. The third-order valence-electron chi connectivity index (χ3n) is 3.28. The van der Waals surface area contributed by atoms with Crippen molar-refractivity contribution in [3.8, 4) is 0 Å². The lowest BCUT2D eigenvalue weighted by Gasteiger charge is -2.18. The van der Waals surface area contributed by atoms with Crippen LogP contribution in [0, 0.1) is 11.6 Å². The molecule has 0 spiro atoms. The van der Waals surface area contributed by atoms with Gasteiger partial charge in [0.1, 0.15) is 24.1 Å². The molecule has 0 bridgehead atoms. The van der Waals surface area contributed by atoms with Crippen LogP contribution in [0.25, 0.3) is 0 Å². The summed E-state index contributed by atoms with van der Waals surface area (Å²) in [7, 11) is 0. The number of amides is 1. The van der Waals surface area contributed by atoms with Gasteiger partial charge in [-0.25, -0.2) is 13.8 Å². The molecule has 1 aliphatic heterocycles. The summed E-state index contributed by atoms with van der Waals surface area (Å²) in [5, 5.41) is 9.04. The smallest absolute Gasteiger partial charge is 0.254 e. The van der Waals surface area contributed by atoms with Gasteiger partial charge < -0.3 is 10.1 Å². The molecule has 1 saturated heterocycles. The number of halogens is 2. The number of hydrogen-bond acceptors (Lipinski definition) is 4. The largest absolute Gasteiger partial charge is 0.368 e. The fraction of sp³-hybridized carbons (Fsp3) is 0.308. The highest BCUT2D eigenvalue weighted by Gasteiger charge is 2.33. The van der Waals surface area contributed by atoms with E-state index in [0.717, 1.165) is 18.2 Å². The zero-order valence-corrected chi connectivity index (χ0v) is 10.8. The minimum absolute atomic E-state index is 0.335. The van der Waals surface area contributed by atoms with Crippen molar-refractivity contribution in [2.24, 2.45) is 0 Å². The molecule has 110 valence electrons. The van der Waals surface area contributed by atoms with E-state index in [0.29, 0.717) is 18.9 Å². The van der Waals surface area contributed by atoms with Gasteiger partial charge in [-0.2, -0.15) is 5.10 Å². The van der Waals surface area contributed by atoms with Gasteiger partial charge in [-0.1, -0.05) is 0 Å². The third kappa shape index (κ3) is 2.75. The molecule has 1 aliphatic rings. The first-order valence-electron chi connectivity index (χ1n) is 6.38. The zero-order valence-electron chi connectivity index (χ0n) is 10.8. The van der Waals surface area contributed by atoms with E-state index in [4.69, 9.17) is 4.74 Å². The van der Waals surface area contributed by atoms with Gasteiger partial charge >= 0.3 is 0 Å². The summed E-state index contributed by atoms with van der Waals surface area (Å²) in [6, 6.07) is 2.36. The van der Waals surface area contributed by atoms with Crippen LogP contribution in [0.4, 0.5) is 8.78 Å². The van der Waals surface area contributed by atoms with Crippen molar-refractivity contribution >= 4 is 5.91 Å². The number of aromatic amines is 1. The highest BCUT2D eigenvalue weighted by molar-refractivity contribution is 5.94. The Bertz CT molecular complexity index is 648. The highest BCUT2D eigenvalue weighted by Crippen LogP contribution is 2.26. The number of H-pyrrole nitrogens is 1. The minimum Gasteiger partial charge on any atom is -0.368 e. The molecular weight excluding hydrogens is 282 g/mol. The van der Waals surface area contributed by atoms with Gasteiger partial charge in [0.25, 0.3) is 5.91 Å². The van der Waals surface area contributed by atoms with Crippen LogP contribution in [-0.2, 0) is 4.74 Å². The average molecular weight is 294 g/mol. The van der Waals surface area contributed by atoms with Crippen molar-refractivity contribution in [1.29, 1.82) is 0 Å². The molecule has 2 N–H and O–H groups in total. The second-order valence-electron chi connectivity index (χ2n) is 4.65. The van der Waals surface area contributed by atoms with E-state index in [1.165, 1.54) is 6.33 Å². The van der Waals surface area contributed by atoms with Crippen LogP contribution in [0.15, 0.2) is 24.5 Å². The predicted octanol–water partition coefficient (Wildman–Crippen LogP) is 1.34. The minimum atomic E-state index is -0.774. The van der Waals surface area contributed by atoms with Gasteiger partial charge in [0.15, 0.2) is 5.82 Å². The summed E-state index contributed by atoms with van der Waals surface area (Å²) < 4.78 is 32.2. The standard InChI is InChI=1S/C13H12F2N4O2/c14-7-1-2-9(15)8(5-7)13(20)18-10-3-4-21-11(10)12-16-6-17-19-12/h1-2,5-6,10-11H,3-4H2,(H,18,20)(H,16,17,19)/t10-,11+/m0/s1. The number of nitrogens with one attached hydrogen (secondary N) is 2. The van der Waals surface area contributed by atoms with Crippen molar-refractivity contribution < 1.29 is 18.3 Å². The highest BCUT2D eigenvalue weighted by atomic mass is 19.1. The fourth-order valence-corrected chi connectivity index (χ4v) is 2.28. The van der Waals surface area contributed by atoms with Crippen molar-refractivity contribution in [1.82, 2.24) is 20.5 Å². The van der Waals surface area contributed by atoms with E-state index in [1.54, 1.807) is 0 Å². The second kappa shape index (κ2) is 5.57. The zero-order chi connectivity index (χ0) is 14.8. The molecule has 8 heteroatoms. The van der Waals surface area contributed by atoms with E-state index in [2.05, 4.69) is 20.5 Å². The molecular formula is C13H12F2N4O2. The Morgan fingerprint density at radius 2 is 2.29 bits per heavy atom. The van der Waals surface area contributed by atoms with Crippen molar-refractivity contribution in [2.45, 2.75) is 18.6 Å². The molecule has 2 atom stereocenters. The number of nitrogens with zero attached hydrogens (tertiary/aromatic N) is 2. The number of rotatable bonds is 3. The van der Waals surface area contributed by atoms with Gasteiger partial charge in [-0.15, -0.1) is 0 Å². The lowest BCUT2D eigenvalue weighted by Crippen LogP contribution is -2.37. The molecule has 0 saturated carbocycles. The van der Waals surface area contributed by atoms with E-state index in [9.17, 15) is 13.6 Å². The van der Waals surface area contributed by atoms with Crippen LogP contribution in [0.5, 0.6) is 0 Å². The molecule has 2 aromatic rings. The Labute approximate surface area is 118 Å². The first kappa shape index (κ1) is 13.6. The van der Waals surface area contributed by atoms with Crippen LogP contribution >= 0.6 is 0 Å². The maximum atomic E-state index is 13.6. The predicted molar refractivity (Wildman–Crippen MR) is 67.3 cm³/mol. The van der Waals surface area contributed by atoms with Crippen LogP contribution in [0.2, 0.25) is 0 Å². The van der Waals surface area contributed by atoms with Gasteiger partial charge in [0.2, 0.25) is 0 Å².